The Hall–Kier alpha value is -1.39. The van der Waals surface area contributed by atoms with E-state index >= 15 is 0 Å². The molecule has 1 aromatic rings. The van der Waals surface area contributed by atoms with Crippen LogP contribution in [0.25, 0.3) is 0 Å². The molecule has 0 amide bonds. The summed E-state index contributed by atoms with van der Waals surface area (Å²) in [6.45, 7) is 4.28. The number of carboxylic acids is 1. The van der Waals surface area contributed by atoms with E-state index in [2.05, 4.69) is 4.90 Å². The Kier molecular flexibility index (Phi) is 3.99. The summed E-state index contributed by atoms with van der Waals surface area (Å²) in [6, 6.07) is 5.33. The van der Waals surface area contributed by atoms with Gasteiger partial charge in [-0.1, -0.05) is 13.0 Å². The Morgan fingerprint density at radius 3 is 2.89 bits per heavy atom. The van der Waals surface area contributed by atoms with E-state index in [9.17, 15) is 9.90 Å². The molecule has 18 heavy (non-hydrogen) atoms. The van der Waals surface area contributed by atoms with Crippen molar-refractivity contribution in [2.45, 2.75) is 32.4 Å². The number of benzene rings is 1. The number of nitrogens with zero attached hydrogens (tertiary/aromatic N) is 1. The molecular formula is C14H19NO3. The van der Waals surface area contributed by atoms with E-state index in [4.69, 9.17) is 5.11 Å². The monoisotopic (exact) mass is 249 g/mol. The standard InChI is InChI=1S/C14H19NO3/c1-2-13(16)9-15-6-5-10-3-4-11(14(17)18)7-12(10)8-15/h3-4,7,13,16H,2,5-6,8-9H2,1H3,(H,17,18). The molecular weight excluding hydrogens is 230 g/mol. The Bertz CT molecular complexity index is 445. The highest BCUT2D eigenvalue weighted by molar-refractivity contribution is 5.87. The van der Waals surface area contributed by atoms with Crippen molar-refractivity contribution in [3.05, 3.63) is 34.9 Å². The Morgan fingerprint density at radius 1 is 1.44 bits per heavy atom. The first-order valence-corrected chi connectivity index (χ1v) is 6.35. The molecule has 0 bridgehead atoms. The lowest BCUT2D eigenvalue weighted by Crippen LogP contribution is -2.36. The van der Waals surface area contributed by atoms with Gasteiger partial charge in [0, 0.05) is 19.6 Å². The molecule has 2 rings (SSSR count). The van der Waals surface area contributed by atoms with Crippen molar-refractivity contribution in [3.63, 3.8) is 0 Å². The highest BCUT2D eigenvalue weighted by Gasteiger charge is 2.19. The zero-order chi connectivity index (χ0) is 13.1. The van der Waals surface area contributed by atoms with Gasteiger partial charge in [0.25, 0.3) is 0 Å². The maximum atomic E-state index is 10.9. The van der Waals surface area contributed by atoms with Gasteiger partial charge in [-0.2, -0.15) is 0 Å². The number of β-amino-alcohol motifs (C(OH)–C–C–N with tert-alkyl or cyclic N) is 1. The van der Waals surface area contributed by atoms with Crippen LogP contribution in [0.4, 0.5) is 0 Å². The van der Waals surface area contributed by atoms with Crippen molar-refractivity contribution in [3.8, 4) is 0 Å². The van der Waals surface area contributed by atoms with Gasteiger partial charge in [-0.15, -0.1) is 0 Å². The van der Waals surface area contributed by atoms with E-state index in [-0.39, 0.29) is 6.10 Å². The van der Waals surface area contributed by atoms with Crippen molar-refractivity contribution in [1.82, 2.24) is 4.90 Å². The van der Waals surface area contributed by atoms with Gasteiger partial charge >= 0.3 is 5.97 Å². The van der Waals surface area contributed by atoms with Crippen LogP contribution in [0, 0.1) is 0 Å². The topological polar surface area (TPSA) is 60.8 Å². The summed E-state index contributed by atoms with van der Waals surface area (Å²) in [5, 5.41) is 18.6. The molecule has 0 fully saturated rings. The minimum Gasteiger partial charge on any atom is -0.478 e. The first-order chi connectivity index (χ1) is 8.60. The predicted molar refractivity (Wildman–Crippen MR) is 68.7 cm³/mol. The normalized spacial score (nSPS) is 17.2. The van der Waals surface area contributed by atoms with Crippen LogP contribution >= 0.6 is 0 Å². The molecule has 0 saturated heterocycles. The Morgan fingerprint density at radius 2 is 2.22 bits per heavy atom. The molecule has 98 valence electrons. The SMILES string of the molecule is CCC(O)CN1CCc2ccc(C(=O)O)cc2C1. The summed E-state index contributed by atoms with van der Waals surface area (Å²) in [5.41, 5.74) is 2.64. The molecule has 0 aliphatic carbocycles. The average molecular weight is 249 g/mol. The number of hydrogen-bond donors (Lipinski definition) is 2. The van der Waals surface area contributed by atoms with Crippen LogP contribution in [0.2, 0.25) is 0 Å². The summed E-state index contributed by atoms with van der Waals surface area (Å²) in [6.07, 6.45) is 1.37. The third-order valence-electron chi connectivity index (χ3n) is 3.48. The van der Waals surface area contributed by atoms with E-state index in [0.29, 0.717) is 12.1 Å². The van der Waals surface area contributed by atoms with E-state index in [1.165, 1.54) is 5.56 Å². The smallest absolute Gasteiger partial charge is 0.335 e. The zero-order valence-corrected chi connectivity index (χ0v) is 10.6. The summed E-state index contributed by atoms with van der Waals surface area (Å²) in [7, 11) is 0. The lowest BCUT2D eigenvalue weighted by Gasteiger charge is -2.30. The molecule has 1 unspecified atom stereocenters. The average Bonchev–Trinajstić information content (AvgIpc) is 2.37. The fraction of sp³-hybridized carbons (Fsp3) is 0.500. The van der Waals surface area contributed by atoms with Gasteiger partial charge in [-0.25, -0.2) is 4.79 Å². The first-order valence-electron chi connectivity index (χ1n) is 6.35. The number of aliphatic hydroxyl groups excluding tert-OH is 1. The summed E-state index contributed by atoms with van der Waals surface area (Å²) in [5.74, 6) is -0.886. The largest absolute Gasteiger partial charge is 0.478 e. The molecule has 1 heterocycles. The third-order valence-corrected chi connectivity index (χ3v) is 3.48. The van der Waals surface area contributed by atoms with Crippen LogP contribution < -0.4 is 0 Å². The predicted octanol–water partition coefficient (Wildman–Crippen LogP) is 1.51. The third kappa shape index (κ3) is 2.89. The minimum atomic E-state index is -0.886. The zero-order valence-electron chi connectivity index (χ0n) is 10.6. The molecule has 1 aliphatic rings. The second kappa shape index (κ2) is 5.50. The number of carboxylic acid groups (broad SMARTS) is 1. The van der Waals surface area contributed by atoms with Gasteiger partial charge in [-0.3, -0.25) is 4.90 Å². The maximum absolute atomic E-state index is 10.9. The number of rotatable bonds is 4. The quantitative estimate of drug-likeness (QED) is 0.849. The van der Waals surface area contributed by atoms with Crippen LogP contribution in [0.15, 0.2) is 18.2 Å². The lowest BCUT2D eigenvalue weighted by atomic mass is 9.97. The maximum Gasteiger partial charge on any atom is 0.335 e. The molecule has 4 heteroatoms. The minimum absolute atomic E-state index is 0.297. The van der Waals surface area contributed by atoms with Crippen molar-refractivity contribution in [2.75, 3.05) is 13.1 Å². The summed E-state index contributed by atoms with van der Waals surface area (Å²) < 4.78 is 0. The van der Waals surface area contributed by atoms with Gasteiger partial charge < -0.3 is 10.2 Å². The van der Waals surface area contributed by atoms with Crippen LogP contribution in [-0.2, 0) is 13.0 Å². The molecule has 2 N–H and O–H groups in total. The van der Waals surface area contributed by atoms with Crippen molar-refractivity contribution >= 4 is 5.97 Å². The van der Waals surface area contributed by atoms with Gasteiger partial charge in [-0.05, 0) is 36.1 Å². The van der Waals surface area contributed by atoms with E-state index in [0.717, 1.165) is 31.5 Å². The second-order valence-electron chi connectivity index (χ2n) is 4.84. The number of hydrogen-bond acceptors (Lipinski definition) is 3. The highest BCUT2D eigenvalue weighted by atomic mass is 16.4. The summed E-state index contributed by atoms with van der Waals surface area (Å²) in [4.78, 5) is 13.1. The molecule has 0 aromatic heterocycles. The Balaban J connectivity index is 2.12. The van der Waals surface area contributed by atoms with Crippen LogP contribution in [-0.4, -0.2) is 40.3 Å². The van der Waals surface area contributed by atoms with E-state index < -0.39 is 5.97 Å². The highest BCUT2D eigenvalue weighted by Crippen LogP contribution is 2.20. The molecule has 1 aliphatic heterocycles. The Labute approximate surface area is 107 Å². The lowest BCUT2D eigenvalue weighted by molar-refractivity contribution is 0.0696. The number of carbonyl (C=O) groups is 1. The first kappa shape index (κ1) is 13.1. The van der Waals surface area contributed by atoms with E-state index in [1.807, 2.05) is 13.0 Å². The molecule has 0 saturated carbocycles. The summed E-state index contributed by atoms with van der Waals surface area (Å²) >= 11 is 0. The van der Waals surface area contributed by atoms with Gasteiger partial charge in [0.1, 0.15) is 0 Å². The second-order valence-corrected chi connectivity index (χ2v) is 4.84. The van der Waals surface area contributed by atoms with E-state index in [1.54, 1.807) is 12.1 Å². The van der Waals surface area contributed by atoms with Crippen molar-refractivity contribution in [2.24, 2.45) is 0 Å². The van der Waals surface area contributed by atoms with Crippen LogP contribution in [0.5, 0.6) is 0 Å². The molecule has 1 aromatic carbocycles. The number of aromatic carboxylic acids is 1. The van der Waals surface area contributed by atoms with Gasteiger partial charge in [0.2, 0.25) is 0 Å². The fourth-order valence-corrected chi connectivity index (χ4v) is 2.33. The number of aliphatic hydroxyl groups is 1. The molecule has 1 atom stereocenters. The molecule has 0 spiro atoms. The molecule has 0 radical (unpaired) electrons. The van der Waals surface area contributed by atoms with Gasteiger partial charge in [0.05, 0.1) is 11.7 Å². The van der Waals surface area contributed by atoms with Crippen LogP contribution in [0.1, 0.15) is 34.8 Å². The number of fused-ring (bicyclic) bond motifs is 1. The van der Waals surface area contributed by atoms with Crippen LogP contribution in [0.3, 0.4) is 0 Å². The van der Waals surface area contributed by atoms with Crippen molar-refractivity contribution < 1.29 is 15.0 Å². The molecule has 4 nitrogen and oxygen atoms in total. The van der Waals surface area contributed by atoms with Crippen molar-refractivity contribution in [1.29, 1.82) is 0 Å². The fourth-order valence-electron chi connectivity index (χ4n) is 2.33. The van der Waals surface area contributed by atoms with Gasteiger partial charge in [0.15, 0.2) is 0 Å².